The Morgan fingerprint density at radius 1 is 0.931 bits per heavy atom. The molecule has 3 aromatic rings. The second-order valence-corrected chi connectivity index (χ2v) is 8.38. The fourth-order valence-corrected chi connectivity index (χ4v) is 4.11. The van der Waals surface area contributed by atoms with E-state index < -0.39 is 0 Å². The van der Waals surface area contributed by atoms with Gasteiger partial charge in [-0.25, -0.2) is 4.68 Å². The molecule has 0 saturated carbocycles. The van der Waals surface area contributed by atoms with Gasteiger partial charge in [-0.3, -0.25) is 4.79 Å². The number of benzene rings is 1. The maximum atomic E-state index is 12.8. The van der Waals surface area contributed by atoms with Crippen LogP contribution in [0.1, 0.15) is 27.3 Å². The summed E-state index contributed by atoms with van der Waals surface area (Å²) in [6, 6.07) is 11.6. The molecule has 1 amide bonds. The quantitative estimate of drug-likeness (QED) is 0.515. The van der Waals surface area contributed by atoms with Crippen LogP contribution in [0.25, 0.3) is 5.82 Å². The maximum absolute atomic E-state index is 12.8. The first-order valence-electron chi connectivity index (χ1n) is 9.61. The number of anilines is 1. The Morgan fingerprint density at radius 2 is 1.59 bits per heavy atom. The van der Waals surface area contributed by atoms with Crippen LogP contribution >= 0.6 is 22.6 Å². The molecular weight excluding hydrogens is 479 g/mol. The molecule has 0 spiro atoms. The lowest BCUT2D eigenvalue weighted by Gasteiger charge is -2.35. The van der Waals surface area contributed by atoms with Crippen molar-refractivity contribution in [2.45, 2.75) is 20.8 Å². The van der Waals surface area contributed by atoms with Crippen LogP contribution in [0.2, 0.25) is 0 Å². The van der Waals surface area contributed by atoms with Crippen LogP contribution in [0.5, 0.6) is 0 Å². The zero-order valence-electron chi connectivity index (χ0n) is 16.8. The topological polar surface area (TPSA) is 67.2 Å². The standard InChI is InChI=1S/C21H23IN6O/c1-14-15(2)25-28(16(14)3)20-9-8-19(23-24-20)26-10-12-27(13-11-26)21(29)17-6-4-5-7-18(17)22/h4-9H,10-13H2,1-3H3. The molecule has 1 saturated heterocycles. The van der Waals surface area contributed by atoms with E-state index in [0.717, 1.165) is 45.2 Å². The maximum Gasteiger partial charge on any atom is 0.255 e. The molecule has 0 unspecified atom stereocenters. The minimum Gasteiger partial charge on any atom is -0.352 e. The summed E-state index contributed by atoms with van der Waals surface area (Å²) in [5.74, 6) is 1.64. The van der Waals surface area contributed by atoms with E-state index in [1.807, 2.05) is 59.8 Å². The van der Waals surface area contributed by atoms with Crippen LogP contribution in [-0.4, -0.2) is 57.0 Å². The van der Waals surface area contributed by atoms with Crippen molar-refractivity contribution in [1.29, 1.82) is 0 Å². The average molecular weight is 502 g/mol. The van der Waals surface area contributed by atoms with Crippen molar-refractivity contribution in [2.24, 2.45) is 0 Å². The molecule has 0 bridgehead atoms. The lowest BCUT2D eigenvalue weighted by molar-refractivity contribution is 0.0745. The van der Waals surface area contributed by atoms with Crippen molar-refractivity contribution in [3.05, 3.63) is 62.5 Å². The number of nitrogens with zero attached hydrogens (tertiary/aromatic N) is 6. The molecule has 2 aromatic heterocycles. The second-order valence-electron chi connectivity index (χ2n) is 7.22. The highest BCUT2D eigenvalue weighted by Crippen LogP contribution is 2.19. The van der Waals surface area contributed by atoms with Crippen LogP contribution in [0, 0.1) is 24.3 Å². The van der Waals surface area contributed by atoms with Gasteiger partial charge >= 0.3 is 0 Å². The Morgan fingerprint density at radius 3 is 2.17 bits per heavy atom. The van der Waals surface area contributed by atoms with Gasteiger partial charge in [-0.05, 0) is 73.2 Å². The highest BCUT2D eigenvalue weighted by molar-refractivity contribution is 14.1. The minimum atomic E-state index is 0.0935. The molecule has 1 fully saturated rings. The third kappa shape index (κ3) is 3.85. The molecule has 0 aliphatic carbocycles. The van der Waals surface area contributed by atoms with Crippen LogP contribution in [0.4, 0.5) is 5.82 Å². The molecule has 1 aromatic carbocycles. The number of carbonyl (C=O) groups is 1. The number of aryl methyl sites for hydroxylation is 1. The van der Waals surface area contributed by atoms with Gasteiger partial charge in [0.15, 0.2) is 11.6 Å². The van der Waals surface area contributed by atoms with Crippen LogP contribution in [0.3, 0.4) is 0 Å². The normalized spacial score (nSPS) is 14.3. The van der Waals surface area contributed by atoms with Crippen molar-refractivity contribution in [1.82, 2.24) is 24.9 Å². The summed E-state index contributed by atoms with van der Waals surface area (Å²) in [4.78, 5) is 16.9. The largest absolute Gasteiger partial charge is 0.352 e. The molecule has 29 heavy (non-hydrogen) atoms. The summed E-state index contributed by atoms with van der Waals surface area (Å²) in [6.45, 7) is 8.91. The van der Waals surface area contributed by atoms with Gasteiger partial charge in [0.2, 0.25) is 0 Å². The van der Waals surface area contributed by atoms with Gasteiger partial charge in [-0.1, -0.05) is 12.1 Å². The van der Waals surface area contributed by atoms with Gasteiger partial charge < -0.3 is 9.80 Å². The highest BCUT2D eigenvalue weighted by atomic mass is 127. The zero-order chi connectivity index (χ0) is 20.5. The molecule has 4 rings (SSSR count). The third-order valence-corrected chi connectivity index (χ3v) is 6.44. The number of hydrogen-bond acceptors (Lipinski definition) is 5. The summed E-state index contributed by atoms with van der Waals surface area (Å²) < 4.78 is 2.82. The highest BCUT2D eigenvalue weighted by Gasteiger charge is 2.24. The fraction of sp³-hybridized carbons (Fsp3) is 0.333. The molecule has 7 nitrogen and oxygen atoms in total. The number of halogens is 1. The minimum absolute atomic E-state index is 0.0935. The Bertz CT molecular complexity index is 1040. The van der Waals surface area contributed by atoms with E-state index in [9.17, 15) is 4.79 Å². The van der Waals surface area contributed by atoms with Gasteiger partial charge in [0.25, 0.3) is 5.91 Å². The molecule has 150 valence electrons. The summed E-state index contributed by atoms with van der Waals surface area (Å²) in [5.41, 5.74) is 4.02. The fourth-order valence-electron chi connectivity index (χ4n) is 3.49. The van der Waals surface area contributed by atoms with Gasteiger partial charge in [0.05, 0.1) is 11.3 Å². The van der Waals surface area contributed by atoms with Crippen molar-refractivity contribution >= 4 is 34.3 Å². The van der Waals surface area contributed by atoms with E-state index in [1.54, 1.807) is 0 Å². The Labute approximate surface area is 183 Å². The van der Waals surface area contributed by atoms with E-state index in [2.05, 4.69) is 49.7 Å². The zero-order valence-corrected chi connectivity index (χ0v) is 18.9. The van der Waals surface area contributed by atoms with Gasteiger partial charge in [-0.15, -0.1) is 10.2 Å². The van der Waals surface area contributed by atoms with Gasteiger partial charge in [-0.2, -0.15) is 5.10 Å². The molecule has 0 N–H and O–H groups in total. The number of aromatic nitrogens is 4. The summed E-state index contributed by atoms with van der Waals surface area (Å²) >= 11 is 2.22. The average Bonchev–Trinajstić information content (AvgIpc) is 3.01. The Balaban J connectivity index is 1.43. The summed E-state index contributed by atoms with van der Waals surface area (Å²) in [6.07, 6.45) is 0. The molecule has 0 atom stereocenters. The van der Waals surface area contributed by atoms with Crippen molar-refractivity contribution in [3.63, 3.8) is 0 Å². The lowest BCUT2D eigenvalue weighted by atomic mass is 10.2. The molecule has 8 heteroatoms. The van der Waals surface area contributed by atoms with E-state index >= 15 is 0 Å². The molecule has 3 heterocycles. The van der Waals surface area contributed by atoms with E-state index in [4.69, 9.17) is 0 Å². The molecule has 0 radical (unpaired) electrons. The first kappa shape index (κ1) is 19.8. The first-order chi connectivity index (χ1) is 14.0. The predicted octanol–water partition coefficient (Wildman–Crippen LogP) is 3.15. The van der Waals surface area contributed by atoms with Gasteiger partial charge in [0, 0.05) is 35.4 Å². The molecule has 1 aliphatic rings. The number of carbonyl (C=O) groups excluding carboxylic acids is 1. The van der Waals surface area contributed by atoms with Crippen molar-refractivity contribution in [3.8, 4) is 5.82 Å². The number of rotatable bonds is 3. The number of hydrogen-bond donors (Lipinski definition) is 0. The van der Waals surface area contributed by atoms with Crippen molar-refractivity contribution in [2.75, 3.05) is 31.1 Å². The Kier molecular flexibility index (Phi) is 5.53. The van der Waals surface area contributed by atoms with E-state index in [-0.39, 0.29) is 5.91 Å². The number of piperazine rings is 1. The lowest BCUT2D eigenvalue weighted by Crippen LogP contribution is -2.49. The summed E-state index contributed by atoms with van der Waals surface area (Å²) in [5, 5.41) is 13.3. The van der Waals surface area contributed by atoms with Gasteiger partial charge in [0.1, 0.15) is 0 Å². The third-order valence-electron chi connectivity index (χ3n) is 5.50. The summed E-state index contributed by atoms with van der Waals surface area (Å²) in [7, 11) is 0. The van der Waals surface area contributed by atoms with Crippen LogP contribution in [-0.2, 0) is 0 Å². The molecule has 1 aliphatic heterocycles. The monoisotopic (exact) mass is 502 g/mol. The van der Waals surface area contributed by atoms with E-state index in [1.165, 1.54) is 5.56 Å². The number of amides is 1. The van der Waals surface area contributed by atoms with Crippen molar-refractivity contribution < 1.29 is 4.79 Å². The Hall–Kier alpha value is -2.49. The second kappa shape index (κ2) is 8.10. The van der Waals surface area contributed by atoms with Crippen LogP contribution in [0.15, 0.2) is 36.4 Å². The smallest absolute Gasteiger partial charge is 0.255 e. The molecular formula is C21H23IN6O. The van der Waals surface area contributed by atoms with E-state index in [0.29, 0.717) is 13.1 Å². The van der Waals surface area contributed by atoms with Crippen LogP contribution < -0.4 is 4.90 Å². The SMILES string of the molecule is Cc1nn(-c2ccc(N3CCN(C(=O)c4ccccc4I)CC3)nn2)c(C)c1C. The predicted molar refractivity (Wildman–Crippen MR) is 121 cm³/mol. The first-order valence-corrected chi connectivity index (χ1v) is 10.7.